The number of aromatic carboxylic acids is 1. The van der Waals surface area contributed by atoms with Crippen molar-refractivity contribution in [2.45, 2.75) is 19.3 Å². The molecular weight excluding hydrogens is 334 g/mol. The average molecular weight is 351 g/mol. The number of aromatic nitrogens is 5. The maximum Gasteiger partial charge on any atom is 0.337 e. The van der Waals surface area contributed by atoms with Gasteiger partial charge < -0.3 is 14.8 Å². The topological polar surface area (TPSA) is 117 Å². The SMILES string of the molecule is CCC(c1nc2c(OC)ccc(C(=O)O)c2[nH]1)c1cccc2[nH]nnc12. The van der Waals surface area contributed by atoms with Crippen molar-refractivity contribution in [1.82, 2.24) is 25.4 Å². The molecule has 132 valence electrons. The smallest absolute Gasteiger partial charge is 0.337 e. The summed E-state index contributed by atoms with van der Waals surface area (Å²) in [4.78, 5) is 19.4. The van der Waals surface area contributed by atoms with E-state index in [9.17, 15) is 9.90 Å². The molecule has 0 saturated carbocycles. The highest BCUT2D eigenvalue weighted by atomic mass is 16.5. The van der Waals surface area contributed by atoms with Gasteiger partial charge in [0.2, 0.25) is 0 Å². The van der Waals surface area contributed by atoms with Gasteiger partial charge in [-0.3, -0.25) is 5.10 Å². The summed E-state index contributed by atoms with van der Waals surface area (Å²) < 4.78 is 5.35. The van der Waals surface area contributed by atoms with Crippen molar-refractivity contribution in [3.05, 3.63) is 47.3 Å². The van der Waals surface area contributed by atoms with Gasteiger partial charge in [-0.1, -0.05) is 24.3 Å². The lowest BCUT2D eigenvalue weighted by atomic mass is 9.94. The second kappa shape index (κ2) is 6.14. The third kappa shape index (κ3) is 2.38. The van der Waals surface area contributed by atoms with E-state index in [1.807, 2.05) is 25.1 Å². The van der Waals surface area contributed by atoms with Gasteiger partial charge in [-0.2, -0.15) is 0 Å². The molecule has 3 N–H and O–H groups in total. The molecule has 8 heteroatoms. The van der Waals surface area contributed by atoms with Crippen LogP contribution in [0.15, 0.2) is 30.3 Å². The second-order valence-electron chi connectivity index (χ2n) is 5.98. The number of nitrogens with zero attached hydrogens (tertiary/aromatic N) is 3. The number of hydrogen-bond donors (Lipinski definition) is 3. The van der Waals surface area contributed by atoms with Gasteiger partial charge in [-0.05, 0) is 30.2 Å². The molecule has 2 heterocycles. The Labute approximate surface area is 148 Å². The van der Waals surface area contributed by atoms with Crippen LogP contribution in [0, 0.1) is 0 Å². The minimum absolute atomic E-state index is 0.0810. The summed E-state index contributed by atoms with van der Waals surface area (Å²) in [6.45, 7) is 2.05. The van der Waals surface area contributed by atoms with Crippen LogP contribution in [0.3, 0.4) is 0 Å². The van der Waals surface area contributed by atoms with Gasteiger partial charge in [0.15, 0.2) is 0 Å². The van der Waals surface area contributed by atoms with Gasteiger partial charge in [0.05, 0.1) is 23.7 Å². The van der Waals surface area contributed by atoms with Crippen LogP contribution in [0.4, 0.5) is 0 Å². The first kappa shape index (κ1) is 16.1. The zero-order chi connectivity index (χ0) is 18.3. The molecule has 1 atom stereocenters. The standard InChI is InChI=1S/C18H17N5O3/c1-3-9(10-5-4-6-12-14(10)22-23-21-12)17-19-15-11(18(24)25)7-8-13(26-2)16(15)20-17/h4-9H,3H2,1-2H3,(H,19,20)(H,24,25)(H,21,22,23). The molecule has 0 amide bonds. The Morgan fingerprint density at radius 1 is 1.27 bits per heavy atom. The zero-order valence-corrected chi connectivity index (χ0v) is 14.3. The van der Waals surface area contributed by atoms with Crippen molar-refractivity contribution in [1.29, 1.82) is 0 Å². The Morgan fingerprint density at radius 3 is 2.85 bits per heavy atom. The first-order chi connectivity index (χ1) is 12.6. The largest absolute Gasteiger partial charge is 0.494 e. The third-order valence-corrected chi connectivity index (χ3v) is 4.58. The number of fused-ring (bicyclic) bond motifs is 2. The van der Waals surface area contributed by atoms with Crippen molar-refractivity contribution in [3.63, 3.8) is 0 Å². The van der Waals surface area contributed by atoms with Crippen molar-refractivity contribution >= 4 is 28.0 Å². The van der Waals surface area contributed by atoms with E-state index >= 15 is 0 Å². The number of aromatic amines is 2. The number of carboxylic acids is 1. The molecule has 0 bridgehead atoms. The number of rotatable bonds is 5. The van der Waals surface area contributed by atoms with Crippen LogP contribution in [0.5, 0.6) is 5.75 Å². The normalized spacial score (nSPS) is 12.5. The van der Waals surface area contributed by atoms with Crippen molar-refractivity contribution in [3.8, 4) is 5.75 Å². The lowest BCUT2D eigenvalue weighted by Gasteiger charge is -2.12. The Morgan fingerprint density at radius 2 is 2.12 bits per heavy atom. The predicted octanol–water partition coefficient (Wildman–Crippen LogP) is 3.08. The molecule has 0 aliphatic heterocycles. The summed E-state index contributed by atoms with van der Waals surface area (Å²) in [5.74, 6) is 0.106. The first-order valence-corrected chi connectivity index (χ1v) is 8.23. The van der Waals surface area contributed by atoms with Crippen LogP contribution < -0.4 is 4.74 Å². The quantitative estimate of drug-likeness (QED) is 0.509. The number of benzene rings is 2. The third-order valence-electron chi connectivity index (χ3n) is 4.58. The minimum atomic E-state index is -1.01. The molecule has 0 radical (unpaired) electrons. The van der Waals surface area contributed by atoms with Gasteiger partial charge in [0.1, 0.15) is 22.6 Å². The van der Waals surface area contributed by atoms with E-state index in [-0.39, 0.29) is 11.5 Å². The summed E-state index contributed by atoms with van der Waals surface area (Å²) in [7, 11) is 1.54. The second-order valence-corrected chi connectivity index (χ2v) is 5.98. The van der Waals surface area contributed by atoms with E-state index < -0.39 is 5.97 Å². The highest BCUT2D eigenvalue weighted by Crippen LogP contribution is 2.34. The fourth-order valence-electron chi connectivity index (χ4n) is 3.33. The van der Waals surface area contributed by atoms with Crippen LogP contribution in [0.2, 0.25) is 0 Å². The fourth-order valence-corrected chi connectivity index (χ4v) is 3.33. The predicted molar refractivity (Wildman–Crippen MR) is 95.6 cm³/mol. The van der Waals surface area contributed by atoms with Crippen LogP contribution in [0.25, 0.3) is 22.1 Å². The van der Waals surface area contributed by atoms with Crippen LogP contribution in [0.1, 0.15) is 41.0 Å². The Hall–Kier alpha value is -3.42. The lowest BCUT2D eigenvalue weighted by molar-refractivity contribution is 0.0699. The maximum absolute atomic E-state index is 11.6. The van der Waals surface area contributed by atoms with Crippen molar-refractivity contribution in [2.75, 3.05) is 7.11 Å². The number of carbonyl (C=O) groups is 1. The van der Waals surface area contributed by atoms with Crippen molar-refractivity contribution in [2.24, 2.45) is 0 Å². The molecule has 2 aromatic heterocycles. The minimum Gasteiger partial charge on any atom is -0.494 e. The van der Waals surface area contributed by atoms with E-state index in [2.05, 4.69) is 25.4 Å². The van der Waals surface area contributed by atoms with Gasteiger partial charge in [0, 0.05) is 5.92 Å². The Bertz CT molecular complexity index is 1110. The summed E-state index contributed by atoms with van der Waals surface area (Å²) in [6, 6.07) is 8.98. The summed E-state index contributed by atoms with van der Waals surface area (Å²) in [6.07, 6.45) is 0.760. The first-order valence-electron chi connectivity index (χ1n) is 8.23. The van der Waals surface area contributed by atoms with Gasteiger partial charge in [-0.15, -0.1) is 5.10 Å². The highest BCUT2D eigenvalue weighted by molar-refractivity contribution is 6.02. The lowest BCUT2D eigenvalue weighted by Crippen LogP contribution is -2.03. The number of imidazole rings is 1. The summed E-state index contributed by atoms with van der Waals surface area (Å²) in [5.41, 5.74) is 3.74. The van der Waals surface area contributed by atoms with E-state index in [1.54, 1.807) is 6.07 Å². The number of H-pyrrole nitrogens is 2. The molecule has 4 rings (SSSR count). The van der Waals surface area contributed by atoms with Crippen LogP contribution in [-0.2, 0) is 0 Å². The van der Waals surface area contributed by atoms with Crippen LogP contribution >= 0.6 is 0 Å². The molecule has 1 unspecified atom stereocenters. The molecule has 0 fully saturated rings. The van der Waals surface area contributed by atoms with E-state index in [1.165, 1.54) is 13.2 Å². The summed E-state index contributed by atoms with van der Waals surface area (Å²) >= 11 is 0. The Kier molecular flexibility index (Phi) is 3.80. The molecule has 0 aliphatic rings. The molecule has 0 aliphatic carbocycles. The Balaban J connectivity index is 1.93. The zero-order valence-electron chi connectivity index (χ0n) is 14.3. The van der Waals surface area contributed by atoms with Gasteiger partial charge in [0.25, 0.3) is 0 Å². The number of carboxylic acid groups (broad SMARTS) is 1. The molecule has 26 heavy (non-hydrogen) atoms. The van der Waals surface area contributed by atoms with Gasteiger partial charge in [-0.25, -0.2) is 9.78 Å². The van der Waals surface area contributed by atoms with E-state index in [0.29, 0.717) is 22.6 Å². The molecule has 0 spiro atoms. The highest BCUT2D eigenvalue weighted by Gasteiger charge is 2.23. The number of ether oxygens (including phenoxy) is 1. The number of nitrogens with one attached hydrogen (secondary N) is 2. The maximum atomic E-state index is 11.6. The number of hydrogen-bond acceptors (Lipinski definition) is 5. The molecular formula is C18H17N5O3. The van der Waals surface area contributed by atoms with Crippen molar-refractivity contribution < 1.29 is 14.6 Å². The average Bonchev–Trinajstić information content (AvgIpc) is 3.28. The number of methoxy groups -OCH3 is 1. The van der Waals surface area contributed by atoms with E-state index in [4.69, 9.17) is 4.74 Å². The molecule has 0 saturated heterocycles. The molecule has 2 aromatic carbocycles. The van der Waals surface area contributed by atoms with Gasteiger partial charge >= 0.3 is 5.97 Å². The van der Waals surface area contributed by atoms with Crippen LogP contribution in [-0.4, -0.2) is 43.6 Å². The fraction of sp³-hybridized carbons (Fsp3) is 0.222. The summed E-state index contributed by atoms with van der Waals surface area (Å²) in [5, 5.41) is 20.4. The monoisotopic (exact) mass is 351 g/mol. The molecule has 8 nitrogen and oxygen atoms in total. The molecule has 4 aromatic rings. The van der Waals surface area contributed by atoms with E-state index in [0.717, 1.165) is 23.0 Å².